The van der Waals surface area contributed by atoms with Gasteiger partial charge in [0.1, 0.15) is 5.78 Å². The van der Waals surface area contributed by atoms with Gasteiger partial charge in [-0.1, -0.05) is 0 Å². The number of carbonyl (C=O) groups excluding carboxylic acids is 1. The molecule has 2 fully saturated rings. The SMILES string of the molecule is O=C1CC2(CCCO2)C1. The van der Waals surface area contributed by atoms with Gasteiger partial charge in [-0.15, -0.1) is 0 Å². The number of ether oxygens (including phenoxy) is 1. The van der Waals surface area contributed by atoms with E-state index in [0.29, 0.717) is 18.6 Å². The number of hydrogen-bond donors (Lipinski definition) is 0. The van der Waals surface area contributed by atoms with E-state index in [-0.39, 0.29) is 5.60 Å². The lowest BCUT2D eigenvalue weighted by molar-refractivity contribution is -0.144. The highest BCUT2D eigenvalue weighted by Gasteiger charge is 2.46. The molecule has 9 heavy (non-hydrogen) atoms. The molecule has 0 atom stereocenters. The zero-order valence-corrected chi connectivity index (χ0v) is 5.35. The Labute approximate surface area is 54.2 Å². The average molecular weight is 126 g/mol. The lowest BCUT2D eigenvalue weighted by atomic mass is 9.77. The third-order valence-electron chi connectivity index (χ3n) is 2.22. The van der Waals surface area contributed by atoms with Gasteiger partial charge in [0.15, 0.2) is 0 Å². The molecule has 2 heteroatoms. The fourth-order valence-corrected chi connectivity index (χ4v) is 1.70. The molecule has 0 radical (unpaired) electrons. The van der Waals surface area contributed by atoms with E-state index in [1.54, 1.807) is 0 Å². The van der Waals surface area contributed by atoms with Crippen LogP contribution in [-0.4, -0.2) is 18.0 Å². The zero-order valence-electron chi connectivity index (χ0n) is 5.35. The van der Waals surface area contributed by atoms with Crippen LogP contribution in [0.1, 0.15) is 25.7 Å². The van der Waals surface area contributed by atoms with Crippen LogP contribution in [0.3, 0.4) is 0 Å². The van der Waals surface area contributed by atoms with E-state index in [1.807, 2.05) is 0 Å². The van der Waals surface area contributed by atoms with Gasteiger partial charge in [-0.2, -0.15) is 0 Å². The molecule has 1 saturated carbocycles. The van der Waals surface area contributed by atoms with E-state index in [4.69, 9.17) is 4.74 Å². The van der Waals surface area contributed by atoms with Crippen LogP contribution in [0.5, 0.6) is 0 Å². The first-order chi connectivity index (χ1) is 4.31. The highest BCUT2D eigenvalue weighted by atomic mass is 16.5. The second kappa shape index (κ2) is 1.57. The molecule has 0 amide bonds. The highest BCUT2D eigenvalue weighted by molar-refractivity contribution is 5.87. The van der Waals surface area contributed by atoms with Gasteiger partial charge in [-0.3, -0.25) is 4.79 Å². The molecule has 1 aliphatic carbocycles. The summed E-state index contributed by atoms with van der Waals surface area (Å²) in [5.41, 5.74) is 0.0388. The topological polar surface area (TPSA) is 26.3 Å². The van der Waals surface area contributed by atoms with E-state index in [9.17, 15) is 4.79 Å². The number of Topliss-reactive ketones (excluding diaryl/α,β-unsaturated/α-hetero) is 1. The first kappa shape index (κ1) is 5.42. The largest absolute Gasteiger partial charge is 0.374 e. The van der Waals surface area contributed by atoms with Crippen molar-refractivity contribution in [3.8, 4) is 0 Å². The molecular weight excluding hydrogens is 116 g/mol. The molecule has 0 aromatic heterocycles. The minimum absolute atomic E-state index is 0.0388. The smallest absolute Gasteiger partial charge is 0.138 e. The van der Waals surface area contributed by atoms with Gasteiger partial charge in [-0.25, -0.2) is 0 Å². The zero-order chi connectivity index (χ0) is 6.32. The lowest BCUT2D eigenvalue weighted by Crippen LogP contribution is -2.43. The van der Waals surface area contributed by atoms with E-state index >= 15 is 0 Å². The van der Waals surface area contributed by atoms with E-state index in [2.05, 4.69) is 0 Å². The summed E-state index contributed by atoms with van der Waals surface area (Å²) in [6.45, 7) is 0.868. The van der Waals surface area contributed by atoms with Gasteiger partial charge in [0.2, 0.25) is 0 Å². The maximum Gasteiger partial charge on any atom is 0.138 e. The average Bonchev–Trinajstić information content (AvgIpc) is 2.12. The third-order valence-corrected chi connectivity index (χ3v) is 2.22. The number of carbonyl (C=O) groups is 1. The Morgan fingerprint density at radius 2 is 2.22 bits per heavy atom. The Morgan fingerprint density at radius 3 is 2.67 bits per heavy atom. The second-order valence-electron chi connectivity index (χ2n) is 3.03. The molecule has 1 aliphatic heterocycles. The predicted molar refractivity (Wildman–Crippen MR) is 32.2 cm³/mol. The van der Waals surface area contributed by atoms with E-state index in [1.165, 1.54) is 0 Å². The fourth-order valence-electron chi connectivity index (χ4n) is 1.70. The summed E-state index contributed by atoms with van der Waals surface area (Å²) in [5.74, 6) is 0.372. The molecule has 0 N–H and O–H groups in total. The molecule has 0 aromatic rings. The number of rotatable bonds is 0. The Bertz CT molecular complexity index is 135. The van der Waals surface area contributed by atoms with Crippen molar-refractivity contribution in [1.29, 1.82) is 0 Å². The summed E-state index contributed by atoms with van der Waals surface area (Å²) < 4.78 is 5.43. The molecule has 0 aromatic carbocycles. The maximum atomic E-state index is 10.6. The van der Waals surface area contributed by atoms with Crippen LogP contribution in [0.25, 0.3) is 0 Å². The summed E-state index contributed by atoms with van der Waals surface area (Å²) in [4.78, 5) is 10.6. The van der Waals surface area contributed by atoms with Crippen LogP contribution in [0, 0.1) is 0 Å². The van der Waals surface area contributed by atoms with Crippen molar-refractivity contribution in [2.45, 2.75) is 31.3 Å². The molecular formula is C7H10O2. The molecule has 2 rings (SSSR count). The normalized spacial score (nSPS) is 30.9. The highest BCUT2D eigenvalue weighted by Crippen LogP contribution is 2.40. The summed E-state index contributed by atoms with van der Waals surface area (Å²) in [6.07, 6.45) is 3.63. The van der Waals surface area contributed by atoms with Crippen molar-refractivity contribution in [3.05, 3.63) is 0 Å². The molecule has 2 nitrogen and oxygen atoms in total. The van der Waals surface area contributed by atoms with Crippen molar-refractivity contribution < 1.29 is 9.53 Å². The van der Waals surface area contributed by atoms with Gasteiger partial charge in [0.05, 0.1) is 5.60 Å². The number of ketones is 1. The Morgan fingerprint density at radius 1 is 1.44 bits per heavy atom. The lowest BCUT2D eigenvalue weighted by Gasteiger charge is -2.35. The van der Waals surface area contributed by atoms with Crippen molar-refractivity contribution in [2.75, 3.05) is 6.61 Å². The van der Waals surface area contributed by atoms with Crippen LogP contribution in [0.2, 0.25) is 0 Å². The summed E-state index contributed by atoms with van der Waals surface area (Å²) in [6, 6.07) is 0. The summed E-state index contributed by atoms with van der Waals surface area (Å²) in [7, 11) is 0. The van der Waals surface area contributed by atoms with E-state index < -0.39 is 0 Å². The van der Waals surface area contributed by atoms with Crippen LogP contribution in [0.4, 0.5) is 0 Å². The van der Waals surface area contributed by atoms with Gasteiger partial charge in [-0.05, 0) is 12.8 Å². The first-order valence-corrected chi connectivity index (χ1v) is 3.46. The second-order valence-corrected chi connectivity index (χ2v) is 3.03. The fraction of sp³-hybridized carbons (Fsp3) is 0.857. The minimum atomic E-state index is 0.0388. The van der Waals surface area contributed by atoms with Crippen molar-refractivity contribution in [3.63, 3.8) is 0 Å². The van der Waals surface area contributed by atoms with Crippen LogP contribution in [-0.2, 0) is 9.53 Å². The molecule has 50 valence electrons. The van der Waals surface area contributed by atoms with Gasteiger partial charge >= 0.3 is 0 Å². The molecule has 0 bridgehead atoms. The van der Waals surface area contributed by atoms with Crippen LogP contribution >= 0.6 is 0 Å². The quantitative estimate of drug-likeness (QED) is 0.482. The van der Waals surface area contributed by atoms with Gasteiger partial charge in [0.25, 0.3) is 0 Å². The van der Waals surface area contributed by atoms with Gasteiger partial charge in [0, 0.05) is 19.4 Å². The van der Waals surface area contributed by atoms with Crippen molar-refractivity contribution in [1.82, 2.24) is 0 Å². The predicted octanol–water partition coefficient (Wildman–Crippen LogP) is 0.898. The first-order valence-electron chi connectivity index (χ1n) is 3.46. The van der Waals surface area contributed by atoms with Crippen LogP contribution < -0.4 is 0 Å². The standard InChI is InChI=1S/C7H10O2/c8-6-4-7(5-6)2-1-3-9-7/h1-5H2. The van der Waals surface area contributed by atoms with E-state index in [0.717, 1.165) is 19.4 Å². The van der Waals surface area contributed by atoms with Crippen molar-refractivity contribution >= 4 is 5.78 Å². The van der Waals surface area contributed by atoms with Crippen molar-refractivity contribution in [2.24, 2.45) is 0 Å². The molecule has 2 aliphatic rings. The summed E-state index contributed by atoms with van der Waals surface area (Å²) in [5, 5.41) is 0. The Balaban J connectivity index is 2.03. The summed E-state index contributed by atoms with van der Waals surface area (Å²) >= 11 is 0. The third kappa shape index (κ3) is 0.697. The maximum absolute atomic E-state index is 10.6. The number of hydrogen-bond acceptors (Lipinski definition) is 2. The Hall–Kier alpha value is -0.370. The Kier molecular flexibility index (Phi) is 0.943. The monoisotopic (exact) mass is 126 g/mol. The molecule has 1 saturated heterocycles. The molecule has 0 unspecified atom stereocenters. The van der Waals surface area contributed by atoms with Crippen LogP contribution in [0.15, 0.2) is 0 Å². The molecule has 1 heterocycles. The van der Waals surface area contributed by atoms with Gasteiger partial charge < -0.3 is 4.74 Å². The molecule has 1 spiro atoms. The minimum Gasteiger partial charge on any atom is -0.374 e.